The third-order valence-corrected chi connectivity index (χ3v) is 2.43. The molecule has 1 aromatic carbocycles. The van der Waals surface area contributed by atoms with Gasteiger partial charge in [0, 0.05) is 6.54 Å². The molecular weight excluding hydrogens is 213 g/mol. The second kappa shape index (κ2) is 4.49. The van der Waals surface area contributed by atoms with E-state index in [0.29, 0.717) is 13.2 Å². The van der Waals surface area contributed by atoms with Gasteiger partial charge < -0.3 is 5.11 Å². The molecule has 1 fully saturated rings. The molecule has 16 heavy (non-hydrogen) atoms. The summed E-state index contributed by atoms with van der Waals surface area (Å²) >= 11 is 0. The quantitative estimate of drug-likeness (QED) is 0.791. The van der Waals surface area contributed by atoms with Gasteiger partial charge in [0.2, 0.25) is 0 Å². The van der Waals surface area contributed by atoms with Crippen LogP contribution in [0.5, 0.6) is 5.75 Å². The van der Waals surface area contributed by atoms with E-state index in [-0.39, 0.29) is 11.3 Å². The Balaban J connectivity index is 2.26. The number of benzene rings is 1. The fourth-order valence-electron chi connectivity index (χ4n) is 1.61. The van der Waals surface area contributed by atoms with Gasteiger partial charge in [-0.1, -0.05) is 6.07 Å². The molecule has 1 saturated heterocycles. The molecule has 4 nitrogen and oxygen atoms in total. The van der Waals surface area contributed by atoms with E-state index in [9.17, 15) is 14.3 Å². The van der Waals surface area contributed by atoms with E-state index in [1.54, 1.807) is 0 Å². The summed E-state index contributed by atoms with van der Waals surface area (Å²) in [5, 5.41) is 10.5. The number of halogens is 1. The normalized spacial score (nSPS) is 16.2. The molecule has 0 spiro atoms. The highest BCUT2D eigenvalue weighted by Crippen LogP contribution is 2.22. The molecule has 5 heteroatoms. The lowest BCUT2D eigenvalue weighted by atomic mass is 10.1. The number of phenols is 1. The Bertz CT molecular complexity index is 382. The van der Waals surface area contributed by atoms with Crippen LogP contribution in [0.15, 0.2) is 18.2 Å². The van der Waals surface area contributed by atoms with Gasteiger partial charge in [-0.15, -0.1) is 0 Å². The predicted molar refractivity (Wildman–Crippen MR) is 54.3 cm³/mol. The van der Waals surface area contributed by atoms with Gasteiger partial charge in [-0.3, -0.25) is 9.63 Å². The van der Waals surface area contributed by atoms with Crippen molar-refractivity contribution in [2.75, 3.05) is 13.2 Å². The van der Waals surface area contributed by atoms with Gasteiger partial charge in [0.1, 0.15) is 17.1 Å². The molecule has 1 heterocycles. The Morgan fingerprint density at radius 2 is 2.25 bits per heavy atom. The highest BCUT2D eigenvalue weighted by atomic mass is 19.1. The van der Waals surface area contributed by atoms with Crippen LogP contribution < -0.4 is 0 Å². The zero-order valence-corrected chi connectivity index (χ0v) is 8.65. The summed E-state index contributed by atoms with van der Waals surface area (Å²) in [5.74, 6) is -1.73. The lowest BCUT2D eigenvalue weighted by Gasteiger charge is -2.26. The minimum atomic E-state index is -0.737. The van der Waals surface area contributed by atoms with Crippen LogP contribution in [0.25, 0.3) is 0 Å². The topological polar surface area (TPSA) is 49.8 Å². The Hall–Kier alpha value is -1.62. The van der Waals surface area contributed by atoms with Crippen LogP contribution >= 0.6 is 0 Å². The molecule has 0 saturated carbocycles. The lowest BCUT2D eigenvalue weighted by Crippen LogP contribution is -2.36. The van der Waals surface area contributed by atoms with Gasteiger partial charge in [0.05, 0.1) is 6.61 Å². The van der Waals surface area contributed by atoms with Crippen molar-refractivity contribution in [3.63, 3.8) is 0 Å². The summed E-state index contributed by atoms with van der Waals surface area (Å²) in [6.45, 7) is 0.869. The molecular formula is C11H12FNO3. The van der Waals surface area contributed by atoms with Crippen molar-refractivity contribution in [3.8, 4) is 5.75 Å². The second-order valence-corrected chi connectivity index (χ2v) is 3.58. The van der Waals surface area contributed by atoms with Crippen LogP contribution in [0.1, 0.15) is 23.2 Å². The molecule has 0 unspecified atom stereocenters. The van der Waals surface area contributed by atoms with Crippen molar-refractivity contribution in [2.24, 2.45) is 0 Å². The van der Waals surface area contributed by atoms with E-state index in [1.165, 1.54) is 12.1 Å². The second-order valence-electron chi connectivity index (χ2n) is 3.58. The van der Waals surface area contributed by atoms with E-state index < -0.39 is 11.7 Å². The molecule has 86 valence electrons. The summed E-state index contributed by atoms with van der Waals surface area (Å²) in [4.78, 5) is 17.0. The highest BCUT2D eigenvalue weighted by Gasteiger charge is 2.24. The Kier molecular flexibility index (Phi) is 3.05. The number of carbonyl (C=O) groups excluding carboxylic acids is 1. The smallest absolute Gasteiger partial charge is 0.284 e. The molecule has 1 amide bonds. The maximum atomic E-state index is 13.4. The van der Waals surface area contributed by atoms with Crippen LogP contribution in [0.4, 0.5) is 4.39 Å². The molecule has 0 radical (unpaired) electrons. The molecule has 0 atom stereocenters. The number of hydrogen-bond donors (Lipinski definition) is 1. The summed E-state index contributed by atoms with van der Waals surface area (Å²) in [7, 11) is 0. The van der Waals surface area contributed by atoms with Crippen molar-refractivity contribution in [2.45, 2.75) is 12.8 Å². The van der Waals surface area contributed by atoms with Gasteiger partial charge in [-0.05, 0) is 25.0 Å². The van der Waals surface area contributed by atoms with Crippen LogP contribution in [0.2, 0.25) is 0 Å². The average Bonchev–Trinajstić information content (AvgIpc) is 2.30. The Labute approximate surface area is 92.2 Å². The zero-order chi connectivity index (χ0) is 11.5. The van der Waals surface area contributed by atoms with E-state index in [0.717, 1.165) is 24.0 Å². The number of carbonyl (C=O) groups is 1. The highest BCUT2D eigenvalue weighted by molar-refractivity contribution is 5.96. The fourth-order valence-corrected chi connectivity index (χ4v) is 1.61. The van der Waals surface area contributed by atoms with E-state index in [1.807, 2.05) is 0 Å². The first-order valence-electron chi connectivity index (χ1n) is 5.12. The lowest BCUT2D eigenvalue weighted by molar-refractivity contribution is -0.144. The number of hydroxylamine groups is 2. The number of phenolic OH excluding ortho intramolecular Hbond substituents is 1. The zero-order valence-electron chi connectivity index (χ0n) is 8.65. The first-order chi connectivity index (χ1) is 7.70. The third-order valence-electron chi connectivity index (χ3n) is 2.43. The third kappa shape index (κ3) is 1.99. The van der Waals surface area contributed by atoms with Gasteiger partial charge in [0.15, 0.2) is 0 Å². The van der Waals surface area contributed by atoms with E-state index in [2.05, 4.69) is 0 Å². The van der Waals surface area contributed by atoms with Crippen molar-refractivity contribution in [1.82, 2.24) is 5.06 Å². The summed E-state index contributed by atoms with van der Waals surface area (Å²) in [5.41, 5.74) is -0.329. The molecule has 0 bridgehead atoms. The fraction of sp³-hybridized carbons (Fsp3) is 0.364. The van der Waals surface area contributed by atoms with Crippen molar-refractivity contribution in [1.29, 1.82) is 0 Å². The molecule has 0 aromatic heterocycles. The van der Waals surface area contributed by atoms with Crippen molar-refractivity contribution >= 4 is 5.91 Å². The first kappa shape index (κ1) is 10.9. The average molecular weight is 225 g/mol. The van der Waals surface area contributed by atoms with Gasteiger partial charge in [0.25, 0.3) is 5.91 Å². The molecule has 1 aromatic rings. The van der Waals surface area contributed by atoms with Gasteiger partial charge >= 0.3 is 0 Å². The minimum Gasteiger partial charge on any atom is -0.507 e. The minimum absolute atomic E-state index is 0.329. The van der Waals surface area contributed by atoms with E-state index in [4.69, 9.17) is 4.84 Å². The largest absolute Gasteiger partial charge is 0.507 e. The Morgan fingerprint density at radius 1 is 1.44 bits per heavy atom. The summed E-state index contributed by atoms with van der Waals surface area (Å²) in [6.07, 6.45) is 1.70. The molecule has 1 N–H and O–H groups in total. The SMILES string of the molecule is O=C(c1c(O)cccc1F)N1CCCCO1. The number of rotatable bonds is 1. The van der Waals surface area contributed by atoms with Crippen LogP contribution in [0, 0.1) is 5.82 Å². The molecule has 2 rings (SSSR count). The van der Waals surface area contributed by atoms with Crippen LogP contribution in [-0.4, -0.2) is 29.2 Å². The standard InChI is InChI=1S/C11H12FNO3/c12-8-4-3-5-9(14)10(8)11(15)13-6-1-2-7-16-13/h3-5,14H,1-2,6-7H2. The maximum Gasteiger partial charge on any atom is 0.284 e. The van der Waals surface area contributed by atoms with Crippen molar-refractivity contribution < 1.29 is 19.1 Å². The maximum absolute atomic E-state index is 13.4. The van der Waals surface area contributed by atoms with Crippen LogP contribution in [-0.2, 0) is 4.84 Å². The molecule has 0 aliphatic carbocycles. The summed E-state index contributed by atoms with van der Waals surface area (Å²) in [6, 6.07) is 3.76. The van der Waals surface area contributed by atoms with Gasteiger partial charge in [-0.2, -0.15) is 0 Å². The molecule has 1 aliphatic rings. The number of hydrogen-bond acceptors (Lipinski definition) is 3. The van der Waals surface area contributed by atoms with Crippen LogP contribution in [0.3, 0.4) is 0 Å². The molecule has 1 aliphatic heterocycles. The number of nitrogens with zero attached hydrogens (tertiary/aromatic N) is 1. The van der Waals surface area contributed by atoms with Gasteiger partial charge in [-0.25, -0.2) is 9.45 Å². The van der Waals surface area contributed by atoms with E-state index >= 15 is 0 Å². The number of amides is 1. The number of aromatic hydroxyl groups is 1. The Morgan fingerprint density at radius 3 is 2.88 bits per heavy atom. The predicted octanol–water partition coefficient (Wildman–Crippen LogP) is 1.70. The monoisotopic (exact) mass is 225 g/mol. The summed E-state index contributed by atoms with van der Waals surface area (Å²) < 4.78 is 13.4. The first-order valence-corrected chi connectivity index (χ1v) is 5.12. The van der Waals surface area contributed by atoms with Crippen molar-refractivity contribution in [3.05, 3.63) is 29.6 Å².